The van der Waals surface area contributed by atoms with Gasteiger partial charge in [-0.3, -0.25) is 4.79 Å². The Morgan fingerprint density at radius 3 is 2.79 bits per heavy atom. The number of carbonyl (C=O) groups excluding carboxylic acids is 1. The summed E-state index contributed by atoms with van der Waals surface area (Å²) in [4.78, 5) is 11.6. The van der Waals surface area contributed by atoms with Crippen LogP contribution in [0.2, 0.25) is 0 Å². The molecule has 0 heterocycles. The van der Waals surface area contributed by atoms with Gasteiger partial charge in [0.25, 0.3) is 0 Å². The molecule has 1 aromatic rings. The van der Waals surface area contributed by atoms with E-state index in [4.69, 9.17) is 4.74 Å². The Kier molecular flexibility index (Phi) is 6.36. The van der Waals surface area contributed by atoms with Crippen LogP contribution in [0.1, 0.15) is 24.5 Å². The first kappa shape index (κ1) is 15.5. The van der Waals surface area contributed by atoms with E-state index >= 15 is 0 Å². The third kappa shape index (κ3) is 5.75. The van der Waals surface area contributed by atoms with Gasteiger partial charge in [0, 0.05) is 12.6 Å². The molecule has 0 fully saturated rings. The Morgan fingerprint density at radius 1 is 1.37 bits per heavy atom. The third-order valence-electron chi connectivity index (χ3n) is 3.03. The van der Waals surface area contributed by atoms with Gasteiger partial charge in [0.2, 0.25) is 5.91 Å². The molecule has 1 atom stereocenters. The molecule has 0 spiro atoms. The number of rotatable bonds is 7. The smallest absolute Gasteiger partial charge is 0.223 e. The van der Waals surface area contributed by atoms with E-state index in [1.54, 1.807) is 0 Å². The molecule has 106 valence electrons. The minimum absolute atomic E-state index is 0.0207. The lowest BCUT2D eigenvalue weighted by atomic mass is 10.1. The van der Waals surface area contributed by atoms with E-state index < -0.39 is 0 Å². The minimum atomic E-state index is 0.0207. The van der Waals surface area contributed by atoms with Crippen LogP contribution in [0.3, 0.4) is 0 Å². The minimum Gasteiger partial charge on any atom is -0.493 e. The van der Waals surface area contributed by atoms with Crippen LogP contribution in [-0.2, 0) is 4.79 Å². The maximum atomic E-state index is 11.6. The third-order valence-corrected chi connectivity index (χ3v) is 3.03. The second kappa shape index (κ2) is 7.79. The molecule has 0 radical (unpaired) electrons. The Balaban J connectivity index is 2.30. The van der Waals surface area contributed by atoms with Crippen LogP contribution in [0, 0.1) is 13.8 Å². The van der Waals surface area contributed by atoms with Crippen molar-refractivity contribution in [2.75, 3.05) is 20.2 Å². The molecule has 0 bridgehead atoms. The molecule has 1 aromatic carbocycles. The number of benzene rings is 1. The highest BCUT2D eigenvalue weighted by molar-refractivity contribution is 5.76. The SMILES string of the molecule is CNC(C)CNC(=O)CCOc1cc(C)ccc1C. The van der Waals surface area contributed by atoms with Gasteiger partial charge in [-0.05, 0) is 45.0 Å². The molecule has 0 saturated carbocycles. The van der Waals surface area contributed by atoms with Gasteiger partial charge in [0.05, 0.1) is 13.0 Å². The molecule has 0 aromatic heterocycles. The maximum absolute atomic E-state index is 11.6. The molecule has 0 aliphatic carbocycles. The lowest BCUT2D eigenvalue weighted by Gasteiger charge is -2.12. The lowest BCUT2D eigenvalue weighted by Crippen LogP contribution is -2.37. The molecule has 0 aliphatic rings. The second-order valence-corrected chi connectivity index (χ2v) is 4.86. The predicted octanol–water partition coefficient (Wildman–Crippen LogP) is 1.80. The van der Waals surface area contributed by atoms with E-state index in [1.165, 1.54) is 0 Å². The molecule has 19 heavy (non-hydrogen) atoms. The zero-order valence-electron chi connectivity index (χ0n) is 12.2. The van der Waals surface area contributed by atoms with Crippen LogP contribution in [-0.4, -0.2) is 32.1 Å². The Hall–Kier alpha value is -1.55. The Labute approximate surface area is 115 Å². The molecule has 1 unspecified atom stereocenters. The predicted molar refractivity (Wildman–Crippen MR) is 77.6 cm³/mol. The number of carbonyl (C=O) groups is 1. The van der Waals surface area contributed by atoms with Gasteiger partial charge in [0.15, 0.2) is 0 Å². The first-order valence-electron chi connectivity index (χ1n) is 6.67. The maximum Gasteiger partial charge on any atom is 0.223 e. The molecule has 1 rings (SSSR count). The highest BCUT2D eigenvalue weighted by Gasteiger charge is 2.05. The quantitative estimate of drug-likeness (QED) is 0.789. The molecular weight excluding hydrogens is 240 g/mol. The molecule has 0 aliphatic heterocycles. The van der Waals surface area contributed by atoms with E-state index in [2.05, 4.69) is 10.6 Å². The topological polar surface area (TPSA) is 50.4 Å². The van der Waals surface area contributed by atoms with Gasteiger partial charge >= 0.3 is 0 Å². The van der Waals surface area contributed by atoms with Crippen molar-refractivity contribution in [1.82, 2.24) is 10.6 Å². The highest BCUT2D eigenvalue weighted by atomic mass is 16.5. The number of aryl methyl sites for hydroxylation is 2. The van der Waals surface area contributed by atoms with Gasteiger partial charge in [-0.2, -0.15) is 0 Å². The van der Waals surface area contributed by atoms with Gasteiger partial charge < -0.3 is 15.4 Å². The summed E-state index contributed by atoms with van der Waals surface area (Å²) in [5, 5.41) is 5.93. The van der Waals surface area contributed by atoms with Crippen molar-refractivity contribution < 1.29 is 9.53 Å². The summed E-state index contributed by atoms with van der Waals surface area (Å²) >= 11 is 0. The van der Waals surface area contributed by atoms with Crippen LogP contribution in [0.5, 0.6) is 5.75 Å². The van der Waals surface area contributed by atoms with E-state index in [0.717, 1.165) is 16.9 Å². The summed E-state index contributed by atoms with van der Waals surface area (Å²) in [6.45, 7) is 7.09. The lowest BCUT2D eigenvalue weighted by molar-refractivity contribution is -0.121. The van der Waals surface area contributed by atoms with Gasteiger partial charge in [0.1, 0.15) is 5.75 Å². The number of nitrogens with one attached hydrogen (secondary N) is 2. The zero-order chi connectivity index (χ0) is 14.3. The molecule has 1 amide bonds. The van der Waals surface area contributed by atoms with Crippen molar-refractivity contribution in [2.24, 2.45) is 0 Å². The molecule has 2 N–H and O–H groups in total. The van der Waals surface area contributed by atoms with Crippen molar-refractivity contribution in [3.63, 3.8) is 0 Å². The van der Waals surface area contributed by atoms with Crippen molar-refractivity contribution in [3.05, 3.63) is 29.3 Å². The summed E-state index contributed by atoms with van der Waals surface area (Å²) in [5.41, 5.74) is 2.25. The van der Waals surface area contributed by atoms with Crippen molar-refractivity contribution in [2.45, 2.75) is 33.2 Å². The fraction of sp³-hybridized carbons (Fsp3) is 0.533. The van der Waals surface area contributed by atoms with Gasteiger partial charge in [-0.1, -0.05) is 12.1 Å². The Morgan fingerprint density at radius 2 is 2.11 bits per heavy atom. The monoisotopic (exact) mass is 264 g/mol. The van der Waals surface area contributed by atoms with E-state index in [9.17, 15) is 4.79 Å². The van der Waals surface area contributed by atoms with E-state index in [0.29, 0.717) is 19.6 Å². The summed E-state index contributed by atoms with van der Waals surface area (Å²) in [7, 11) is 1.88. The number of ether oxygens (including phenoxy) is 1. The van der Waals surface area contributed by atoms with Crippen LogP contribution >= 0.6 is 0 Å². The zero-order valence-corrected chi connectivity index (χ0v) is 12.2. The van der Waals surface area contributed by atoms with E-state index in [1.807, 2.05) is 46.0 Å². The fourth-order valence-corrected chi connectivity index (χ4v) is 1.57. The first-order chi connectivity index (χ1) is 9.02. The fourth-order valence-electron chi connectivity index (χ4n) is 1.57. The summed E-state index contributed by atoms with van der Waals surface area (Å²) in [5.74, 6) is 0.879. The van der Waals surface area contributed by atoms with E-state index in [-0.39, 0.29) is 11.9 Å². The molecule has 0 saturated heterocycles. The van der Waals surface area contributed by atoms with Crippen molar-refractivity contribution >= 4 is 5.91 Å². The summed E-state index contributed by atoms with van der Waals surface area (Å²) < 4.78 is 5.64. The van der Waals surface area contributed by atoms with Crippen LogP contribution in [0.4, 0.5) is 0 Å². The number of hydrogen-bond acceptors (Lipinski definition) is 3. The molecule has 4 heteroatoms. The average Bonchev–Trinajstić information content (AvgIpc) is 2.40. The van der Waals surface area contributed by atoms with Crippen molar-refractivity contribution in [3.8, 4) is 5.75 Å². The molecule has 4 nitrogen and oxygen atoms in total. The highest BCUT2D eigenvalue weighted by Crippen LogP contribution is 2.19. The number of amides is 1. The Bertz CT molecular complexity index is 419. The van der Waals surface area contributed by atoms with Crippen LogP contribution in [0.25, 0.3) is 0 Å². The van der Waals surface area contributed by atoms with Crippen LogP contribution in [0.15, 0.2) is 18.2 Å². The molecular formula is C15H24N2O2. The first-order valence-corrected chi connectivity index (χ1v) is 6.67. The van der Waals surface area contributed by atoms with Gasteiger partial charge in [-0.25, -0.2) is 0 Å². The number of hydrogen-bond donors (Lipinski definition) is 2. The summed E-state index contributed by atoms with van der Waals surface area (Å²) in [6.07, 6.45) is 0.379. The largest absolute Gasteiger partial charge is 0.493 e. The normalized spacial score (nSPS) is 12.0. The van der Waals surface area contributed by atoms with Crippen LogP contribution < -0.4 is 15.4 Å². The van der Waals surface area contributed by atoms with Gasteiger partial charge in [-0.15, -0.1) is 0 Å². The average molecular weight is 264 g/mol. The second-order valence-electron chi connectivity index (χ2n) is 4.86. The van der Waals surface area contributed by atoms with Crippen molar-refractivity contribution in [1.29, 1.82) is 0 Å². The summed E-state index contributed by atoms with van der Waals surface area (Å²) in [6, 6.07) is 6.35. The number of likely N-dealkylation sites (N-methyl/N-ethyl adjacent to an activating group) is 1. The standard InChI is InChI=1S/C15H24N2O2/c1-11-5-6-12(2)14(9-11)19-8-7-15(18)17-10-13(3)16-4/h5-6,9,13,16H,7-8,10H2,1-4H3,(H,17,18).